The van der Waals surface area contributed by atoms with E-state index in [1.54, 1.807) is 7.05 Å². The first-order valence-corrected chi connectivity index (χ1v) is 7.41. The summed E-state index contributed by atoms with van der Waals surface area (Å²) >= 11 is 0. The molecule has 0 unspecified atom stereocenters. The third-order valence-corrected chi connectivity index (χ3v) is 2.88. The molecule has 5 nitrogen and oxygen atoms in total. The number of nitrogens with zero attached hydrogens (tertiary/aromatic N) is 1. The Labute approximate surface area is 135 Å². The van der Waals surface area contributed by atoms with Gasteiger partial charge in [-0.15, -0.1) is 0 Å². The van der Waals surface area contributed by atoms with E-state index in [1.807, 2.05) is 20.8 Å². The second-order valence-corrected chi connectivity index (χ2v) is 6.10. The van der Waals surface area contributed by atoms with Gasteiger partial charge in [0.05, 0.1) is 6.54 Å². The monoisotopic (exact) mass is 326 g/mol. The van der Waals surface area contributed by atoms with Gasteiger partial charge in [0.25, 0.3) is 0 Å². The SMILES string of the molecule is CN=C(NCCc1c(F)cccc1F)NCC(=O)NC(C)(C)C. The maximum Gasteiger partial charge on any atom is 0.239 e. The lowest BCUT2D eigenvalue weighted by Crippen LogP contribution is -2.48. The van der Waals surface area contributed by atoms with Crippen LogP contribution in [0.5, 0.6) is 0 Å². The third-order valence-electron chi connectivity index (χ3n) is 2.88. The largest absolute Gasteiger partial charge is 0.356 e. The standard InChI is InChI=1S/C16H24F2N4O/c1-16(2,3)22-14(23)10-21-15(19-4)20-9-8-11-12(17)6-5-7-13(11)18/h5-7H,8-10H2,1-4H3,(H,22,23)(H2,19,20,21). The summed E-state index contributed by atoms with van der Waals surface area (Å²) in [5.41, 5.74) is -0.279. The molecule has 0 bridgehead atoms. The highest BCUT2D eigenvalue weighted by Crippen LogP contribution is 2.11. The highest BCUT2D eigenvalue weighted by molar-refractivity contribution is 5.86. The van der Waals surface area contributed by atoms with Crippen molar-refractivity contribution in [3.63, 3.8) is 0 Å². The molecule has 1 amide bonds. The van der Waals surface area contributed by atoms with Gasteiger partial charge in [0.1, 0.15) is 11.6 Å². The first-order chi connectivity index (χ1) is 10.7. The second-order valence-electron chi connectivity index (χ2n) is 6.10. The Balaban J connectivity index is 2.42. The molecule has 3 N–H and O–H groups in total. The summed E-state index contributed by atoms with van der Waals surface area (Å²) in [4.78, 5) is 15.7. The van der Waals surface area contributed by atoms with Crippen LogP contribution < -0.4 is 16.0 Å². The molecule has 0 aliphatic carbocycles. The van der Waals surface area contributed by atoms with Crippen LogP contribution in [0, 0.1) is 11.6 Å². The van der Waals surface area contributed by atoms with Crippen LogP contribution in [0.15, 0.2) is 23.2 Å². The highest BCUT2D eigenvalue weighted by Gasteiger charge is 2.14. The van der Waals surface area contributed by atoms with E-state index < -0.39 is 11.6 Å². The van der Waals surface area contributed by atoms with Crippen LogP contribution >= 0.6 is 0 Å². The molecule has 0 aromatic heterocycles. The van der Waals surface area contributed by atoms with Crippen molar-refractivity contribution in [2.75, 3.05) is 20.1 Å². The van der Waals surface area contributed by atoms with Gasteiger partial charge in [-0.3, -0.25) is 9.79 Å². The molecule has 23 heavy (non-hydrogen) atoms. The first-order valence-electron chi connectivity index (χ1n) is 7.41. The lowest BCUT2D eigenvalue weighted by atomic mass is 10.1. The minimum absolute atomic E-state index is 0.0286. The first kappa shape index (κ1) is 18.9. The van der Waals surface area contributed by atoms with Gasteiger partial charge in [-0.25, -0.2) is 8.78 Å². The molecule has 0 atom stereocenters. The Kier molecular flexibility index (Phi) is 6.93. The summed E-state index contributed by atoms with van der Waals surface area (Å²) in [6.45, 7) is 6.02. The van der Waals surface area contributed by atoms with Crippen molar-refractivity contribution in [2.45, 2.75) is 32.7 Å². The predicted molar refractivity (Wildman–Crippen MR) is 87.3 cm³/mol. The Morgan fingerprint density at radius 1 is 1.17 bits per heavy atom. The summed E-state index contributed by atoms with van der Waals surface area (Å²) in [6.07, 6.45) is 0.174. The maximum absolute atomic E-state index is 13.5. The molecule has 0 radical (unpaired) electrons. The Morgan fingerprint density at radius 3 is 2.30 bits per heavy atom. The molecule has 0 fully saturated rings. The topological polar surface area (TPSA) is 65.5 Å². The van der Waals surface area contributed by atoms with E-state index in [4.69, 9.17) is 0 Å². The summed E-state index contributed by atoms with van der Waals surface area (Å²) in [6, 6.07) is 3.78. The number of hydrogen-bond acceptors (Lipinski definition) is 2. The molecule has 0 spiro atoms. The van der Waals surface area contributed by atoms with Crippen molar-refractivity contribution in [3.8, 4) is 0 Å². The van der Waals surface area contributed by atoms with Crippen LogP contribution in [-0.2, 0) is 11.2 Å². The molecule has 7 heteroatoms. The summed E-state index contributed by atoms with van der Waals surface area (Å²) < 4.78 is 27.0. The quantitative estimate of drug-likeness (QED) is 0.569. The molecule has 1 aromatic rings. The third kappa shape index (κ3) is 7.08. The van der Waals surface area contributed by atoms with Crippen molar-refractivity contribution in [1.82, 2.24) is 16.0 Å². The van der Waals surface area contributed by atoms with Gasteiger partial charge < -0.3 is 16.0 Å². The van der Waals surface area contributed by atoms with E-state index >= 15 is 0 Å². The molecule has 1 rings (SSSR count). The van der Waals surface area contributed by atoms with Crippen molar-refractivity contribution in [3.05, 3.63) is 35.4 Å². The fourth-order valence-electron chi connectivity index (χ4n) is 1.92. The van der Waals surface area contributed by atoms with E-state index in [1.165, 1.54) is 18.2 Å². The predicted octanol–water partition coefficient (Wildman–Crippen LogP) is 1.59. The lowest BCUT2D eigenvalue weighted by Gasteiger charge is -2.21. The number of carbonyl (C=O) groups excluding carboxylic acids is 1. The van der Waals surface area contributed by atoms with Crippen molar-refractivity contribution >= 4 is 11.9 Å². The summed E-state index contributed by atoms with van der Waals surface area (Å²) in [5.74, 6) is -0.912. The van der Waals surface area contributed by atoms with Gasteiger partial charge in [0.15, 0.2) is 5.96 Å². The van der Waals surface area contributed by atoms with Gasteiger partial charge in [-0.2, -0.15) is 0 Å². The van der Waals surface area contributed by atoms with E-state index in [0.29, 0.717) is 12.5 Å². The Bertz CT molecular complexity index is 547. The molecule has 0 saturated heterocycles. The Morgan fingerprint density at radius 2 is 1.78 bits per heavy atom. The number of carbonyl (C=O) groups is 1. The maximum atomic E-state index is 13.5. The van der Waals surface area contributed by atoms with Crippen LogP contribution in [0.4, 0.5) is 8.78 Å². The van der Waals surface area contributed by atoms with Gasteiger partial charge in [0, 0.05) is 24.7 Å². The fraction of sp³-hybridized carbons (Fsp3) is 0.500. The van der Waals surface area contributed by atoms with Crippen LogP contribution in [-0.4, -0.2) is 37.5 Å². The second kappa shape index (κ2) is 8.45. The normalized spacial score (nSPS) is 12.0. The van der Waals surface area contributed by atoms with Gasteiger partial charge >= 0.3 is 0 Å². The smallest absolute Gasteiger partial charge is 0.239 e. The van der Waals surface area contributed by atoms with Crippen LogP contribution in [0.1, 0.15) is 26.3 Å². The zero-order valence-corrected chi connectivity index (χ0v) is 14.0. The fourth-order valence-corrected chi connectivity index (χ4v) is 1.92. The average molecular weight is 326 g/mol. The van der Waals surface area contributed by atoms with Gasteiger partial charge in [-0.05, 0) is 39.3 Å². The minimum atomic E-state index is -0.570. The zero-order chi connectivity index (χ0) is 17.5. The molecule has 1 aromatic carbocycles. The zero-order valence-electron chi connectivity index (χ0n) is 14.0. The van der Waals surface area contributed by atoms with Crippen molar-refractivity contribution in [2.24, 2.45) is 4.99 Å². The van der Waals surface area contributed by atoms with E-state index in [0.717, 1.165) is 0 Å². The summed E-state index contributed by atoms with van der Waals surface area (Å²) in [7, 11) is 1.56. The summed E-state index contributed by atoms with van der Waals surface area (Å²) in [5, 5.41) is 8.57. The number of rotatable bonds is 5. The number of guanidine groups is 1. The molecular formula is C16H24F2N4O. The van der Waals surface area contributed by atoms with Crippen LogP contribution in [0.2, 0.25) is 0 Å². The Hall–Kier alpha value is -2.18. The molecule has 0 saturated carbocycles. The molecule has 0 heterocycles. The van der Waals surface area contributed by atoms with Crippen molar-refractivity contribution in [1.29, 1.82) is 0 Å². The number of benzene rings is 1. The van der Waals surface area contributed by atoms with Crippen LogP contribution in [0.25, 0.3) is 0 Å². The average Bonchev–Trinajstić information content (AvgIpc) is 2.43. The molecule has 0 aliphatic heterocycles. The lowest BCUT2D eigenvalue weighted by molar-refractivity contribution is -0.121. The minimum Gasteiger partial charge on any atom is -0.356 e. The number of nitrogens with one attached hydrogen (secondary N) is 3. The molecule has 128 valence electrons. The van der Waals surface area contributed by atoms with E-state index in [-0.39, 0.29) is 30.0 Å². The number of amides is 1. The van der Waals surface area contributed by atoms with E-state index in [2.05, 4.69) is 20.9 Å². The number of hydrogen-bond donors (Lipinski definition) is 3. The van der Waals surface area contributed by atoms with Gasteiger partial charge in [-0.1, -0.05) is 6.07 Å². The van der Waals surface area contributed by atoms with Crippen molar-refractivity contribution < 1.29 is 13.6 Å². The highest BCUT2D eigenvalue weighted by atomic mass is 19.1. The van der Waals surface area contributed by atoms with Crippen LogP contribution in [0.3, 0.4) is 0 Å². The molecular weight excluding hydrogens is 302 g/mol. The number of aliphatic imine (C=N–C) groups is 1. The number of halogens is 2. The van der Waals surface area contributed by atoms with Gasteiger partial charge in [0.2, 0.25) is 5.91 Å². The van der Waals surface area contributed by atoms with E-state index in [9.17, 15) is 13.6 Å². The molecule has 0 aliphatic rings.